The van der Waals surface area contributed by atoms with E-state index in [1.807, 2.05) is 26.0 Å². The summed E-state index contributed by atoms with van der Waals surface area (Å²) in [5, 5.41) is 3.38. The normalized spacial score (nSPS) is 11.9. The van der Waals surface area contributed by atoms with E-state index in [-0.39, 0.29) is 6.10 Å². The fourth-order valence-corrected chi connectivity index (χ4v) is 1.69. The van der Waals surface area contributed by atoms with Crippen molar-refractivity contribution < 1.29 is 9.47 Å². The predicted molar refractivity (Wildman–Crippen MR) is 79.9 cm³/mol. The topological polar surface area (TPSA) is 30.5 Å². The smallest absolute Gasteiger partial charge is 0.162 e. The van der Waals surface area contributed by atoms with Gasteiger partial charge < -0.3 is 14.8 Å². The molecule has 0 bridgehead atoms. The number of rotatable bonds is 9. The van der Waals surface area contributed by atoms with Crippen LogP contribution in [0.4, 0.5) is 0 Å². The Hall–Kier alpha value is -1.48. The molecular formula is C16H25NO2. The number of ether oxygens (including phenoxy) is 2. The van der Waals surface area contributed by atoms with Crippen LogP contribution in [0.1, 0.15) is 32.8 Å². The zero-order valence-electron chi connectivity index (χ0n) is 12.2. The quantitative estimate of drug-likeness (QED) is 0.546. The molecule has 0 aromatic heterocycles. The standard InChI is InChI=1S/C16H25NO2/c1-5-10-17-12-14-8-9-15(19-13(4)6-2)16(11-14)18-7-3/h6,8-9,11,13,17H,2,5,7,10,12H2,1,3-4H3. The highest BCUT2D eigenvalue weighted by Gasteiger charge is 2.08. The van der Waals surface area contributed by atoms with Crippen LogP contribution in [-0.2, 0) is 6.54 Å². The van der Waals surface area contributed by atoms with E-state index in [0.717, 1.165) is 31.0 Å². The van der Waals surface area contributed by atoms with Crippen molar-refractivity contribution in [1.29, 1.82) is 0 Å². The Balaban J connectivity index is 2.78. The first-order chi connectivity index (χ1) is 9.21. The van der Waals surface area contributed by atoms with Gasteiger partial charge in [0.25, 0.3) is 0 Å². The molecule has 1 aromatic carbocycles. The summed E-state index contributed by atoms with van der Waals surface area (Å²) in [4.78, 5) is 0. The van der Waals surface area contributed by atoms with E-state index in [4.69, 9.17) is 9.47 Å². The van der Waals surface area contributed by atoms with E-state index in [2.05, 4.69) is 24.9 Å². The average molecular weight is 263 g/mol. The Kier molecular flexibility index (Phi) is 7.04. The first kappa shape index (κ1) is 15.6. The van der Waals surface area contributed by atoms with Crippen LogP contribution >= 0.6 is 0 Å². The molecule has 0 heterocycles. The fourth-order valence-electron chi connectivity index (χ4n) is 1.69. The van der Waals surface area contributed by atoms with E-state index in [0.29, 0.717) is 6.61 Å². The monoisotopic (exact) mass is 263 g/mol. The van der Waals surface area contributed by atoms with Gasteiger partial charge in [-0.05, 0) is 44.5 Å². The number of nitrogens with one attached hydrogen (secondary N) is 1. The molecule has 1 rings (SSSR count). The lowest BCUT2D eigenvalue weighted by molar-refractivity contribution is 0.245. The maximum Gasteiger partial charge on any atom is 0.162 e. The Bertz CT molecular complexity index is 390. The third-order valence-corrected chi connectivity index (χ3v) is 2.71. The summed E-state index contributed by atoms with van der Waals surface area (Å²) in [5.74, 6) is 1.57. The van der Waals surface area contributed by atoms with Gasteiger partial charge in [0.1, 0.15) is 6.10 Å². The van der Waals surface area contributed by atoms with E-state index in [9.17, 15) is 0 Å². The molecular weight excluding hydrogens is 238 g/mol. The molecule has 0 spiro atoms. The summed E-state index contributed by atoms with van der Waals surface area (Å²) in [5.41, 5.74) is 1.20. The van der Waals surface area contributed by atoms with Crippen LogP contribution in [0, 0.1) is 0 Å². The van der Waals surface area contributed by atoms with E-state index in [1.54, 1.807) is 6.08 Å². The summed E-state index contributed by atoms with van der Waals surface area (Å²) in [6, 6.07) is 6.07. The Morgan fingerprint density at radius 1 is 1.32 bits per heavy atom. The molecule has 0 saturated carbocycles. The summed E-state index contributed by atoms with van der Waals surface area (Å²) >= 11 is 0. The molecule has 0 amide bonds. The van der Waals surface area contributed by atoms with Gasteiger partial charge in [0.2, 0.25) is 0 Å². The lowest BCUT2D eigenvalue weighted by Crippen LogP contribution is -2.14. The van der Waals surface area contributed by atoms with Crippen molar-refractivity contribution in [2.75, 3.05) is 13.2 Å². The third kappa shape index (κ3) is 5.35. The van der Waals surface area contributed by atoms with Gasteiger partial charge in [-0.25, -0.2) is 0 Å². The number of hydrogen-bond donors (Lipinski definition) is 1. The van der Waals surface area contributed by atoms with Gasteiger partial charge in [-0.15, -0.1) is 0 Å². The van der Waals surface area contributed by atoms with Crippen LogP contribution in [0.3, 0.4) is 0 Å². The lowest BCUT2D eigenvalue weighted by atomic mass is 10.2. The summed E-state index contributed by atoms with van der Waals surface area (Å²) < 4.78 is 11.4. The van der Waals surface area contributed by atoms with Gasteiger partial charge in [-0.1, -0.05) is 25.6 Å². The molecule has 1 unspecified atom stereocenters. The molecule has 0 aliphatic carbocycles. The maximum atomic E-state index is 5.76. The minimum absolute atomic E-state index is 0.0247. The van der Waals surface area contributed by atoms with Gasteiger partial charge in [-0.3, -0.25) is 0 Å². The zero-order valence-corrected chi connectivity index (χ0v) is 12.2. The van der Waals surface area contributed by atoms with Crippen LogP contribution in [-0.4, -0.2) is 19.3 Å². The Labute approximate surface area is 116 Å². The van der Waals surface area contributed by atoms with Gasteiger partial charge >= 0.3 is 0 Å². The highest BCUT2D eigenvalue weighted by molar-refractivity contribution is 5.43. The van der Waals surface area contributed by atoms with Crippen LogP contribution in [0.15, 0.2) is 30.9 Å². The van der Waals surface area contributed by atoms with E-state index < -0.39 is 0 Å². The fraction of sp³-hybridized carbons (Fsp3) is 0.500. The van der Waals surface area contributed by atoms with Crippen molar-refractivity contribution in [3.63, 3.8) is 0 Å². The number of hydrogen-bond acceptors (Lipinski definition) is 3. The van der Waals surface area contributed by atoms with Crippen LogP contribution < -0.4 is 14.8 Å². The highest BCUT2D eigenvalue weighted by atomic mass is 16.5. The maximum absolute atomic E-state index is 5.76. The molecule has 0 aliphatic heterocycles. The molecule has 106 valence electrons. The van der Waals surface area contributed by atoms with E-state index >= 15 is 0 Å². The molecule has 3 nitrogen and oxygen atoms in total. The third-order valence-electron chi connectivity index (χ3n) is 2.71. The van der Waals surface area contributed by atoms with Crippen LogP contribution in [0.2, 0.25) is 0 Å². The van der Waals surface area contributed by atoms with Crippen molar-refractivity contribution in [3.05, 3.63) is 36.4 Å². The molecule has 0 saturated heterocycles. The second kappa shape index (κ2) is 8.59. The van der Waals surface area contributed by atoms with E-state index in [1.165, 1.54) is 5.56 Å². The Morgan fingerprint density at radius 3 is 2.74 bits per heavy atom. The van der Waals surface area contributed by atoms with Crippen molar-refractivity contribution >= 4 is 0 Å². The number of benzene rings is 1. The molecule has 1 N–H and O–H groups in total. The first-order valence-electron chi connectivity index (χ1n) is 6.96. The molecule has 3 heteroatoms. The highest BCUT2D eigenvalue weighted by Crippen LogP contribution is 2.29. The molecule has 19 heavy (non-hydrogen) atoms. The second-order valence-corrected chi connectivity index (χ2v) is 4.45. The molecule has 1 aromatic rings. The minimum atomic E-state index is -0.0247. The SMILES string of the molecule is C=CC(C)Oc1ccc(CNCCC)cc1OCC. The second-order valence-electron chi connectivity index (χ2n) is 4.45. The van der Waals surface area contributed by atoms with Gasteiger partial charge in [0, 0.05) is 6.54 Å². The van der Waals surface area contributed by atoms with Gasteiger partial charge in [0.05, 0.1) is 6.61 Å². The van der Waals surface area contributed by atoms with Crippen molar-refractivity contribution in [2.24, 2.45) is 0 Å². The summed E-state index contributed by atoms with van der Waals surface area (Å²) in [7, 11) is 0. The zero-order chi connectivity index (χ0) is 14.1. The van der Waals surface area contributed by atoms with Crippen molar-refractivity contribution in [2.45, 2.75) is 39.8 Å². The van der Waals surface area contributed by atoms with Crippen molar-refractivity contribution in [1.82, 2.24) is 5.32 Å². The Morgan fingerprint density at radius 2 is 2.11 bits per heavy atom. The summed E-state index contributed by atoms with van der Waals surface area (Å²) in [6.07, 6.45) is 2.88. The minimum Gasteiger partial charge on any atom is -0.490 e. The van der Waals surface area contributed by atoms with Crippen LogP contribution in [0.5, 0.6) is 11.5 Å². The average Bonchev–Trinajstić information content (AvgIpc) is 2.42. The molecule has 1 atom stereocenters. The lowest BCUT2D eigenvalue weighted by Gasteiger charge is -2.16. The van der Waals surface area contributed by atoms with Gasteiger partial charge in [0.15, 0.2) is 11.5 Å². The van der Waals surface area contributed by atoms with Gasteiger partial charge in [-0.2, -0.15) is 0 Å². The molecule has 0 radical (unpaired) electrons. The van der Waals surface area contributed by atoms with Crippen molar-refractivity contribution in [3.8, 4) is 11.5 Å². The summed E-state index contributed by atoms with van der Waals surface area (Å²) in [6.45, 7) is 12.3. The first-order valence-corrected chi connectivity index (χ1v) is 6.96. The predicted octanol–water partition coefficient (Wildman–Crippen LogP) is 3.54. The largest absolute Gasteiger partial charge is 0.490 e. The molecule has 0 fully saturated rings. The van der Waals surface area contributed by atoms with Crippen LogP contribution in [0.25, 0.3) is 0 Å². The molecule has 0 aliphatic rings.